The Labute approximate surface area is 134 Å². The summed E-state index contributed by atoms with van der Waals surface area (Å²) in [5.74, 6) is 0.0110. The molecule has 2 aliphatic rings. The highest BCUT2D eigenvalue weighted by molar-refractivity contribution is 5.93. The predicted octanol–water partition coefficient (Wildman–Crippen LogP) is 2.25. The molecule has 3 heterocycles. The molecule has 0 radical (unpaired) electrons. The van der Waals surface area contributed by atoms with Crippen molar-refractivity contribution in [3.05, 3.63) is 23.5 Å². The molecule has 1 saturated carbocycles. The minimum absolute atomic E-state index is 0.0896. The molecule has 2 aromatic heterocycles. The largest absolute Gasteiger partial charge is 0.458 e. The van der Waals surface area contributed by atoms with E-state index in [9.17, 15) is 4.79 Å². The number of fused-ring (bicyclic) bond motifs is 2. The van der Waals surface area contributed by atoms with Crippen molar-refractivity contribution in [2.24, 2.45) is 18.4 Å². The molecule has 4 rings (SSSR count). The summed E-state index contributed by atoms with van der Waals surface area (Å²) in [7, 11) is 1.84. The van der Waals surface area contributed by atoms with Crippen LogP contribution >= 0.6 is 0 Å². The lowest BCUT2D eigenvalue weighted by Gasteiger charge is -2.53. The summed E-state index contributed by atoms with van der Waals surface area (Å²) in [6.07, 6.45) is 2.65. The molecule has 0 bridgehead atoms. The van der Waals surface area contributed by atoms with Gasteiger partial charge in [0.05, 0.1) is 17.4 Å². The lowest BCUT2D eigenvalue weighted by atomic mass is 9.59. The number of pyridine rings is 1. The van der Waals surface area contributed by atoms with E-state index in [0.717, 1.165) is 29.8 Å². The number of esters is 1. The molecule has 0 N–H and O–H groups in total. The van der Waals surface area contributed by atoms with E-state index in [2.05, 4.69) is 23.9 Å². The summed E-state index contributed by atoms with van der Waals surface area (Å²) in [6.45, 7) is 6.87. The average Bonchev–Trinajstić information content (AvgIpc) is 3.08. The molecule has 23 heavy (non-hydrogen) atoms. The number of carbonyl (C=O) groups excluding carboxylic acids is 1. The second-order valence-electron chi connectivity index (χ2n) is 7.20. The Bertz CT molecular complexity index is 796. The van der Waals surface area contributed by atoms with Gasteiger partial charge in [-0.3, -0.25) is 4.68 Å². The van der Waals surface area contributed by atoms with Crippen molar-refractivity contribution in [1.29, 1.82) is 0 Å². The highest BCUT2D eigenvalue weighted by Crippen LogP contribution is 2.53. The Hall–Kier alpha value is -1.95. The fraction of sp³-hybridized carbons (Fsp3) is 0.588. The Balaban J connectivity index is 1.59. The first-order chi connectivity index (χ1) is 10.9. The van der Waals surface area contributed by atoms with Gasteiger partial charge in [-0.15, -0.1) is 0 Å². The predicted molar refractivity (Wildman–Crippen MR) is 84.1 cm³/mol. The maximum Gasteiger partial charge on any atom is 0.340 e. The van der Waals surface area contributed by atoms with E-state index in [1.54, 1.807) is 10.9 Å². The maximum atomic E-state index is 12.6. The normalized spacial score (nSPS) is 28.4. The molecule has 0 aromatic carbocycles. The van der Waals surface area contributed by atoms with Crippen LogP contribution in [0.2, 0.25) is 0 Å². The summed E-state index contributed by atoms with van der Waals surface area (Å²) >= 11 is 0. The van der Waals surface area contributed by atoms with Crippen LogP contribution in [0.15, 0.2) is 12.3 Å². The fourth-order valence-electron chi connectivity index (χ4n) is 4.12. The van der Waals surface area contributed by atoms with Crippen LogP contribution in [0.4, 0.5) is 0 Å². The van der Waals surface area contributed by atoms with Gasteiger partial charge in [-0.25, -0.2) is 9.78 Å². The molecule has 1 aliphatic carbocycles. The third-order valence-electron chi connectivity index (χ3n) is 5.33. The molecular weight excluding hydrogens is 294 g/mol. The number of ether oxygens (including phenoxy) is 2. The van der Waals surface area contributed by atoms with Crippen molar-refractivity contribution in [1.82, 2.24) is 14.8 Å². The summed E-state index contributed by atoms with van der Waals surface area (Å²) < 4.78 is 13.3. The second-order valence-corrected chi connectivity index (χ2v) is 7.20. The summed E-state index contributed by atoms with van der Waals surface area (Å²) in [5.41, 5.74) is 1.98. The lowest BCUT2D eigenvalue weighted by molar-refractivity contribution is -0.183. The van der Waals surface area contributed by atoms with Gasteiger partial charge in [-0.2, -0.15) is 5.10 Å². The van der Waals surface area contributed by atoms with Crippen LogP contribution < -0.4 is 0 Å². The van der Waals surface area contributed by atoms with Crippen molar-refractivity contribution in [3.8, 4) is 0 Å². The van der Waals surface area contributed by atoms with Gasteiger partial charge >= 0.3 is 5.97 Å². The number of rotatable bonds is 2. The van der Waals surface area contributed by atoms with E-state index in [1.807, 2.05) is 20.0 Å². The van der Waals surface area contributed by atoms with Crippen LogP contribution in [0.3, 0.4) is 0 Å². The first-order valence-electron chi connectivity index (χ1n) is 8.01. The molecule has 3 atom stereocenters. The number of carbonyl (C=O) groups is 1. The number of aromatic nitrogens is 3. The van der Waals surface area contributed by atoms with E-state index in [1.165, 1.54) is 0 Å². The highest BCUT2D eigenvalue weighted by Gasteiger charge is 2.61. The molecule has 1 aliphatic heterocycles. The van der Waals surface area contributed by atoms with Gasteiger partial charge < -0.3 is 9.47 Å². The van der Waals surface area contributed by atoms with E-state index >= 15 is 0 Å². The van der Waals surface area contributed by atoms with Gasteiger partial charge in [0.1, 0.15) is 6.10 Å². The van der Waals surface area contributed by atoms with Crippen LogP contribution in [-0.2, 0) is 16.5 Å². The molecule has 122 valence electrons. The van der Waals surface area contributed by atoms with Crippen molar-refractivity contribution in [2.75, 3.05) is 6.61 Å². The van der Waals surface area contributed by atoms with Crippen molar-refractivity contribution in [2.45, 2.75) is 39.4 Å². The third kappa shape index (κ3) is 2.01. The minimum Gasteiger partial charge on any atom is -0.458 e. The molecule has 0 unspecified atom stereocenters. The van der Waals surface area contributed by atoms with E-state index in [4.69, 9.17) is 9.47 Å². The zero-order valence-electron chi connectivity index (χ0n) is 13.9. The summed E-state index contributed by atoms with van der Waals surface area (Å²) in [4.78, 5) is 16.9. The molecule has 6 heteroatoms. The fourth-order valence-corrected chi connectivity index (χ4v) is 4.12. The topological polar surface area (TPSA) is 66.2 Å². The first kappa shape index (κ1) is 14.6. The molecule has 1 saturated heterocycles. The first-order valence-corrected chi connectivity index (χ1v) is 8.01. The SMILES string of the molecule is Cc1nn(C)c2ncc(C(=O)O[C@@H]3[C@H]4CCO[C@@H]4C3(C)C)cc12. The Morgan fingerprint density at radius 2 is 2.26 bits per heavy atom. The average molecular weight is 315 g/mol. The zero-order valence-corrected chi connectivity index (χ0v) is 13.9. The Kier molecular flexibility index (Phi) is 3.04. The smallest absolute Gasteiger partial charge is 0.340 e. The van der Waals surface area contributed by atoms with Crippen LogP contribution in [0.25, 0.3) is 11.0 Å². The highest BCUT2D eigenvalue weighted by atomic mass is 16.6. The summed E-state index contributed by atoms with van der Waals surface area (Å²) in [6, 6.07) is 1.82. The quantitative estimate of drug-likeness (QED) is 0.795. The summed E-state index contributed by atoms with van der Waals surface area (Å²) in [5, 5.41) is 5.22. The maximum absolute atomic E-state index is 12.6. The number of nitrogens with zero attached hydrogens (tertiary/aromatic N) is 3. The van der Waals surface area contributed by atoms with E-state index in [0.29, 0.717) is 11.5 Å². The molecule has 0 amide bonds. The molecule has 0 spiro atoms. The van der Waals surface area contributed by atoms with Gasteiger partial charge in [0.25, 0.3) is 0 Å². The van der Waals surface area contributed by atoms with Gasteiger partial charge in [-0.1, -0.05) is 13.8 Å². The Morgan fingerprint density at radius 1 is 1.48 bits per heavy atom. The third-order valence-corrected chi connectivity index (χ3v) is 5.33. The van der Waals surface area contributed by atoms with Gasteiger partial charge in [-0.05, 0) is 19.4 Å². The van der Waals surface area contributed by atoms with Crippen molar-refractivity contribution >= 4 is 17.0 Å². The monoisotopic (exact) mass is 315 g/mol. The van der Waals surface area contributed by atoms with Gasteiger partial charge in [0, 0.05) is 36.6 Å². The van der Waals surface area contributed by atoms with Crippen LogP contribution in [-0.4, -0.2) is 39.5 Å². The second kappa shape index (κ2) is 4.77. The molecule has 6 nitrogen and oxygen atoms in total. The lowest BCUT2D eigenvalue weighted by Crippen LogP contribution is -2.61. The van der Waals surface area contributed by atoms with E-state index < -0.39 is 0 Å². The van der Waals surface area contributed by atoms with E-state index in [-0.39, 0.29) is 23.6 Å². The molecular formula is C17H21N3O3. The van der Waals surface area contributed by atoms with Crippen LogP contribution in [0.5, 0.6) is 0 Å². The van der Waals surface area contributed by atoms with Gasteiger partial charge in [0.2, 0.25) is 0 Å². The number of aryl methyl sites for hydroxylation is 2. The van der Waals surface area contributed by atoms with Crippen molar-refractivity contribution in [3.63, 3.8) is 0 Å². The standard InChI is InChI=1S/C17H21N3O3/c1-9-12-7-10(8-18-15(12)20(4)19-9)16(21)23-14-11-5-6-22-13(11)17(14,2)3/h7-8,11,13-14H,5-6H2,1-4H3/t11-,13-,14+/m0/s1. The minimum atomic E-state index is -0.314. The Morgan fingerprint density at radius 3 is 3.04 bits per heavy atom. The van der Waals surface area contributed by atoms with Crippen LogP contribution in [0.1, 0.15) is 36.3 Å². The number of hydrogen-bond donors (Lipinski definition) is 0. The zero-order chi connectivity index (χ0) is 16.4. The van der Waals surface area contributed by atoms with Gasteiger partial charge in [0.15, 0.2) is 5.65 Å². The van der Waals surface area contributed by atoms with Crippen LogP contribution in [0, 0.1) is 18.3 Å². The molecule has 2 fully saturated rings. The molecule has 2 aromatic rings. The van der Waals surface area contributed by atoms with Crippen molar-refractivity contribution < 1.29 is 14.3 Å². The number of hydrogen-bond acceptors (Lipinski definition) is 5.